The van der Waals surface area contributed by atoms with Gasteiger partial charge in [0.15, 0.2) is 6.10 Å². The van der Waals surface area contributed by atoms with Crippen LogP contribution in [0.1, 0.15) is 22.3 Å². The Bertz CT molecular complexity index is 446. The van der Waals surface area contributed by atoms with Crippen LogP contribution in [0.25, 0.3) is 0 Å². The van der Waals surface area contributed by atoms with Gasteiger partial charge in [-0.2, -0.15) is 0 Å². The zero-order valence-corrected chi connectivity index (χ0v) is 10.6. The average molecular weight is 267 g/mol. The number of methoxy groups -OCH3 is 1. The third-order valence-electron chi connectivity index (χ3n) is 2.49. The third kappa shape index (κ3) is 5.07. The summed E-state index contributed by atoms with van der Waals surface area (Å²) in [5.74, 6) is -1.60. The van der Waals surface area contributed by atoms with Crippen LogP contribution in [0.15, 0.2) is 24.3 Å². The standard InChI is InChI=1S/C13H17NO5/c1-19-8-9-3-2-4-10(7-9)12(16)14-6-5-11(15)13(17)18/h2-4,7,11,15H,5-6,8H2,1H3,(H,14,16)(H,17,18)/t11-/m0/s1. The van der Waals surface area contributed by atoms with E-state index >= 15 is 0 Å². The molecule has 0 radical (unpaired) electrons. The Morgan fingerprint density at radius 1 is 1.42 bits per heavy atom. The first-order chi connectivity index (χ1) is 9.04. The highest BCUT2D eigenvalue weighted by Gasteiger charge is 2.13. The number of carbonyl (C=O) groups excluding carboxylic acids is 1. The Morgan fingerprint density at radius 2 is 2.16 bits per heavy atom. The molecular weight excluding hydrogens is 250 g/mol. The highest BCUT2D eigenvalue weighted by atomic mass is 16.5. The average Bonchev–Trinajstić information content (AvgIpc) is 2.39. The lowest BCUT2D eigenvalue weighted by atomic mass is 10.1. The number of aliphatic hydroxyl groups is 1. The predicted molar refractivity (Wildman–Crippen MR) is 67.7 cm³/mol. The summed E-state index contributed by atoms with van der Waals surface area (Å²) in [5, 5.41) is 20.1. The van der Waals surface area contributed by atoms with Gasteiger partial charge in [-0.3, -0.25) is 4.79 Å². The van der Waals surface area contributed by atoms with E-state index in [0.29, 0.717) is 12.2 Å². The fraction of sp³-hybridized carbons (Fsp3) is 0.385. The summed E-state index contributed by atoms with van der Waals surface area (Å²) in [7, 11) is 1.57. The van der Waals surface area contributed by atoms with Crippen molar-refractivity contribution in [3.63, 3.8) is 0 Å². The van der Waals surface area contributed by atoms with Gasteiger partial charge in [-0.25, -0.2) is 4.79 Å². The molecule has 0 aliphatic carbocycles. The molecule has 0 saturated carbocycles. The fourth-order valence-electron chi connectivity index (χ4n) is 1.52. The van der Waals surface area contributed by atoms with Gasteiger partial charge in [0.2, 0.25) is 0 Å². The summed E-state index contributed by atoms with van der Waals surface area (Å²) in [6, 6.07) is 6.94. The molecule has 0 heterocycles. The molecule has 6 nitrogen and oxygen atoms in total. The van der Waals surface area contributed by atoms with Crippen molar-refractivity contribution >= 4 is 11.9 Å². The number of nitrogens with one attached hydrogen (secondary N) is 1. The van der Waals surface area contributed by atoms with Crippen LogP contribution in [-0.2, 0) is 16.1 Å². The summed E-state index contributed by atoms with van der Waals surface area (Å²) in [6.45, 7) is 0.514. The van der Waals surface area contributed by atoms with E-state index in [4.69, 9.17) is 14.9 Å². The lowest BCUT2D eigenvalue weighted by Gasteiger charge is -2.08. The summed E-state index contributed by atoms with van der Waals surface area (Å²) >= 11 is 0. The van der Waals surface area contributed by atoms with Crippen LogP contribution >= 0.6 is 0 Å². The number of benzene rings is 1. The summed E-state index contributed by atoms with van der Waals surface area (Å²) in [5.41, 5.74) is 1.35. The summed E-state index contributed by atoms with van der Waals surface area (Å²) in [4.78, 5) is 22.2. The molecule has 0 saturated heterocycles. The van der Waals surface area contributed by atoms with Gasteiger partial charge in [0.1, 0.15) is 0 Å². The molecule has 0 bridgehead atoms. The van der Waals surface area contributed by atoms with Gasteiger partial charge in [0, 0.05) is 25.6 Å². The van der Waals surface area contributed by atoms with Crippen molar-refractivity contribution in [2.75, 3.05) is 13.7 Å². The number of amides is 1. The Morgan fingerprint density at radius 3 is 2.79 bits per heavy atom. The van der Waals surface area contributed by atoms with E-state index in [-0.39, 0.29) is 18.9 Å². The van der Waals surface area contributed by atoms with Crippen LogP contribution in [-0.4, -0.2) is 41.8 Å². The molecule has 0 fully saturated rings. The molecule has 1 amide bonds. The number of carboxylic acids is 1. The number of hydrogen-bond acceptors (Lipinski definition) is 4. The van der Waals surface area contributed by atoms with Crippen LogP contribution < -0.4 is 5.32 Å². The van der Waals surface area contributed by atoms with Gasteiger partial charge < -0.3 is 20.3 Å². The number of ether oxygens (including phenoxy) is 1. The Kier molecular flexibility index (Phi) is 5.98. The highest BCUT2D eigenvalue weighted by molar-refractivity contribution is 5.94. The third-order valence-corrected chi connectivity index (χ3v) is 2.49. The number of rotatable bonds is 7. The zero-order valence-electron chi connectivity index (χ0n) is 10.6. The maximum atomic E-state index is 11.8. The van der Waals surface area contributed by atoms with E-state index < -0.39 is 12.1 Å². The van der Waals surface area contributed by atoms with Crippen LogP contribution in [0.2, 0.25) is 0 Å². The van der Waals surface area contributed by atoms with Crippen molar-refractivity contribution in [3.8, 4) is 0 Å². The Labute approximate surface area is 111 Å². The fourth-order valence-corrected chi connectivity index (χ4v) is 1.52. The minimum Gasteiger partial charge on any atom is -0.479 e. The highest BCUT2D eigenvalue weighted by Crippen LogP contribution is 2.06. The molecule has 0 aromatic heterocycles. The number of hydrogen-bond donors (Lipinski definition) is 3. The number of aliphatic hydroxyl groups excluding tert-OH is 1. The van der Waals surface area contributed by atoms with Crippen molar-refractivity contribution in [1.29, 1.82) is 0 Å². The molecule has 6 heteroatoms. The zero-order chi connectivity index (χ0) is 14.3. The second kappa shape index (κ2) is 7.50. The van der Waals surface area contributed by atoms with Gasteiger partial charge in [0.25, 0.3) is 5.91 Å². The first-order valence-electron chi connectivity index (χ1n) is 5.81. The van der Waals surface area contributed by atoms with Gasteiger partial charge in [-0.05, 0) is 17.7 Å². The molecule has 1 aromatic carbocycles. The van der Waals surface area contributed by atoms with Crippen molar-refractivity contribution in [2.45, 2.75) is 19.1 Å². The first-order valence-corrected chi connectivity index (χ1v) is 5.81. The molecule has 1 atom stereocenters. The molecule has 0 aliphatic heterocycles. The molecule has 3 N–H and O–H groups in total. The monoisotopic (exact) mass is 267 g/mol. The first kappa shape index (κ1) is 15.1. The van der Waals surface area contributed by atoms with Gasteiger partial charge in [-0.15, -0.1) is 0 Å². The summed E-state index contributed by atoms with van der Waals surface area (Å²) in [6.07, 6.45) is -1.49. The number of aliphatic carboxylic acids is 1. The second-order valence-corrected chi connectivity index (χ2v) is 4.03. The quantitative estimate of drug-likeness (QED) is 0.664. The Balaban J connectivity index is 2.49. The molecule has 1 rings (SSSR count). The van der Waals surface area contributed by atoms with E-state index in [1.54, 1.807) is 25.3 Å². The minimum absolute atomic E-state index is 0.0289. The Hall–Kier alpha value is -1.92. The maximum absolute atomic E-state index is 11.8. The van der Waals surface area contributed by atoms with E-state index in [1.807, 2.05) is 6.07 Å². The largest absolute Gasteiger partial charge is 0.479 e. The van der Waals surface area contributed by atoms with E-state index in [9.17, 15) is 9.59 Å². The lowest BCUT2D eigenvalue weighted by molar-refractivity contribution is -0.146. The second-order valence-electron chi connectivity index (χ2n) is 4.03. The molecule has 0 spiro atoms. The van der Waals surface area contributed by atoms with Gasteiger partial charge >= 0.3 is 5.97 Å². The van der Waals surface area contributed by atoms with Gasteiger partial charge in [0.05, 0.1) is 6.61 Å². The maximum Gasteiger partial charge on any atom is 0.332 e. The SMILES string of the molecule is COCc1cccc(C(=O)NCC[C@H](O)C(=O)O)c1. The molecule has 19 heavy (non-hydrogen) atoms. The molecule has 1 aromatic rings. The molecule has 0 aliphatic rings. The van der Waals surface area contributed by atoms with Crippen molar-refractivity contribution in [2.24, 2.45) is 0 Å². The van der Waals surface area contributed by atoms with Crippen LogP contribution in [0.4, 0.5) is 0 Å². The molecule has 0 unspecified atom stereocenters. The van der Waals surface area contributed by atoms with E-state index in [0.717, 1.165) is 5.56 Å². The predicted octanol–water partition coefficient (Wildman–Crippen LogP) is 0.398. The number of carbonyl (C=O) groups is 2. The smallest absolute Gasteiger partial charge is 0.332 e. The summed E-state index contributed by atoms with van der Waals surface area (Å²) < 4.78 is 4.97. The van der Waals surface area contributed by atoms with Crippen molar-refractivity contribution in [3.05, 3.63) is 35.4 Å². The molecular formula is C13H17NO5. The van der Waals surface area contributed by atoms with E-state index in [2.05, 4.69) is 5.32 Å². The van der Waals surface area contributed by atoms with Crippen molar-refractivity contribution in [1.82, 2.24) is 5.32 Å². The van der Waals surface area contributed by atoms with Crippen molar-refractivity contribution < 1.29 is 24.5 Å². The van der Waals surface area contributed by atoms with Gasteiger partial charge in [-0.1, -0.05) is 12.1 Å². The van der Waals surface area contributed by atoms with Crippen LogP contribution in [0.3, 0.4) is 0 Å². The van der Waals surface area contributed by atoms with Crippen LogP contribution in [0, 0.1) is 0 Å². The van der Waals surface area contributed by atoms with Crippen LogP contribution in [0.5, 0.6) is 0 Å². The van der Waals surface area contributed by atoms with E-state index in [1.165, 1.54) is 0 Å². The topological polar surface area (TPSA) is 95.9 Å². The number of carboxylic acid groups (broad SMARTS) is 1. The normalized spacial score (nSPS) is 11.9. The minimum atomic E-state index is -1.46. The lowest BCUT2D eigenvalue weighted by Crippen LogP contribution is -2.30. The molecule has 104 valence electrons.